The zero-order valence-electron chi connectivity index (χ0n) is 13.2. The molecule has 6 heteroatoms. The van der Waals surface area contributed by atoms with E-state index in [2.05, 4.69) is 15.6 Å². The second-order valence-corrected chi connectivity index (χ2v) is 6.48. The molecule has 0 aliphatic carbocycles. The van der Waals surface area contributed by atoms with Crippen LogP contribution in [0.4, 0.5) is 0 Å². The van der Waals surface area contributed by atoms with Crippen molar-refractivity contribution < 1.29 is 9.59 Å². The van der Waals surface area contributed by atoms with Crippen molar-refractivity contribution in [2.45, 2.75) is 20.0 Å². The van der Waals surface area contributed by atoms with Crippen molar-refractivity contribution in [1.82, 2.24) is 15.6 Å². The third-order valence-electron chi connectivity index (χ3n) is 3.50. The number of thiazole rings is 1. The molecule has 3 rings (SSSR count). The topological polar surface area (TPSA) is 71.1 Å². The summed E-state index contributed by atoms with van der Waals surface area (Å²) >= 11 is 1.58. The molecular formula is C18H17N3O2S. The molecule has 24 heavy (non-hydrogen) atoms. The smallest absolute Gasteiger partial charge is 0.251 e. The molecule has 0 unspecified atom stereocenters. The van der Waals surface area contributed by atoms with E-state index in [0.29, 0.717) is 18.7 Å². The number of nitrogens with zero attached hydrogens (tertiary/aromatic N) is 1. The first-order valence-corrected chi connectivity index (χ1v) is 8.39. The molecule has 2 N–H and O–H groups in total. The van der Waals surface area contributed by atoms with E-state index in [4.69, 9.17) is 0 Å². The number of hydrogen-bond donors (Lipinski definition) is 2. The van der Waals surface area contributed by atoms with Gasteiger partial charge in [-0.05, 0) is 29.8 Å². The molecule has 0 fully saturated rings. The Bertz CT molecular complexity index is 838. The van der Waals surface area contributed by atoms with Crippen molar-refractivity contribution in [1.29, 1.82) is 0 Å². The predicted octanol–water partition coefficient (Wildman–Crippen LogP) is 2.86. The number of amides is 2. The number of aromatic nitrogens is 1. The summed E-state index contributed by atoms with van der Waals surface area (Å²) in [4.78, 5) is 27.6. The first-order valence-electron chi connectivity index (χ1n) is 7.58. The Balaban J connectivity index is 1.59. The van der Waals surface area contributed by atoms with Gasteiger partial charge in [-0.1, -0.05) is 24.3 Å². The van der Waals surface area contributed by atoms with Crippen molar-refractivity contribution >= 4 is 33.4 Å². The highest BCUT2D eigenvalue weighted by Gasteiger charge is 2.08. The zero-order valence-corrected chi connectivity index (χ0v) is 14.0. The predicted molar refractivity (Wildman–Crippen MR) is 94.8 cm³/mol. The lowest BCUT2D eigenvalue weighted by Gasteiger charge is -2.05. The minimum Gasteiger partial charge on any atom is -0.352 e. The van der Waals surface area contributed by atoms with Gasteiger partial charge in [-0.15, -0.1) is 11.3 Å². The summed E-state index contributed by atoms with van der Waals surface area (Å²) < 4.78 is 1.11. The number of rotatable bonds is 5. The van der Waals surface area contributed by atoms with Crippen molar-refractivity contribution in [3.8, 4) is 0 Å². The third kappa shape index (κ3) is 3.97. The number of hydrogen-bond acceptors (Lipinski definition) is 4. The normalized spacial score (nSPS) is 10.5. The van der Waals surface area contributed by atoms with Crippen LogP contribution in [0.3, 0.4) is 0 Å². The van der Waals surface area contributed by atoms with Crippen LogP contribution in [0.2, 0.25) is 0 Å². The molecule has 0 aliphatic rings. The van der Waals surface area contributed by atoms with Gasteiger partial charge in [-0.2, -0.15) is 0 Å². The monoisotopic (exact) mass is 339 g/mol. The zero-order chi connectivity index (χ0) is 16.9. The fourth-order valence-electron chi connectivity index (χ4n) is 2.25. The van der Waals surface area contributed by atoms with E-state index in [-0.39, 0.29) is 11.8 Å². The Labute approximate surface area is 143 Å². The van der Waals surface area contributed by atoms with Gasteiger partial charge >= 0.3 is 0 Å². The van der Waals surface area contributed by atoms with E-state index in [9.17, 15) is 9.59 Å². The SMILES string of the molecule is CC(=O)NCc1ccc(C(=O)NCc2nc3ccccc3s2)cc1. The molecule has 0 saturated heterocycles. The van der Waals surface area contributed by atoms with Crippen LogP contribution < -0.4 is 10.6 Å². The third-order valence-corrected chi connectivity index (χ3v) is 4.53. The van der Waals surface area contributed by atoms with Gasteiger partial charge in [-0.25, -0.2) is 4.98 Å². The summed E-state index contributed by atoms with van der Waals surface area (Å²) in [5, 5.41) is 6.49. The van der Waals surface area contributed by atoms with Crippen LogP contribution in [0.15, 0.2) is 48.5 Å². The molecule has 1 aromatic heterocycles. The van der Waals surface area contributed by atoms with Gasteiger partial charge in [-0.3, -0.25) is 9.59 Å². The van der Waals surface area contributed by atoms with Crippen LogP contribution in [-0.2, 0) is 17.9 Å². The lowest BCUT2D eigenvalue weighted by molar-refractivity contribution is -0.119. The molecule has 2 aromatic carbocycles. The maximum absolute atomic E-state index is 12.2. The van der Waals surface area contributed by atoms with Crippen LogP contribution in [0.1, 0.15) is 27.9 Å². The molecule has 0 radical (unpaired) electrons. The molecule has 0 saturated carbocycles. The number of fused-ring (bicyclic) bond motifs is 1. The van der Waals surface area contributed by atoms with Crippen molar-refractivity contribution in [2.75, 3.05) is 0 Å². The highest BCUT2D eigenvalue weighted by Crippen LogP contribution is 2.21. The van der Waals surface area contributed by atoms with E-state index in [0.717, 1.165) is 20.8 Å². The number of carbonyl (C=O) groups is 2. The summed E-state index contributed by atoms with van der Waals surface area (Å²) in [5.41, 5.74) is 2.49. The van der Waals surface area contributed by atoms with Crippen LogP contribution >= 0.6 is 11.3 Å². The van der Waals surface area contributed by atoms with Crippen molar-refractivity contribution in [2.24, 2.45) is 0 Å². The summed E-state index contributed by atoms with van der Waals surface area (Å²) in [6.07, 6.45) is 0. The number of para-hydroxylation sites is 1. The molecule has 0 bridgehead atoms. The highest BCUT2D eigenvalue weighted by atomic mass is 32.1. The van der Waals surface area contributed by atoms with E-state index >= 15 is 0 Å². The fourth-order valence-corrected chi connectivity index (χ4v) is 3.16. The van der Waals surface area contributed by atoms with E-state index < -0.39 is 0 Å². The van der Waals surface area contributed by atoms with Crippen LogP contribution in [0.5, 0.6) is 0 Å². The second-order valence-electron chi connectivity index (χ2n) is 5.36. The van der Waals surface area contributed by atoms with Gasteiger partial charge in [0.15, 0.2) is 0 Å². The van der Waals surface area contributed by atoms with Gasteiger partial charge < -0.3 is 10.6 Å². The maximum Gasteiger partial charge on any atom is 0.251 e. The Morgan fingerprint density at radius 3 is 2.46 bits per heavy atom. The average Bonchev–Trinajstić information content (AvgIpc) is 3.01. The Morgan fingerprint density at radius 2 is 1.75 bits per heavy atom. The molecule has 0 spiro atoms. The Kier molecular flexibility index (Phi) is 4.86. The molecular weight excluding hydrogens is 322 g/mol. The van der Waals surface area contributed by atoms with E-state index in [1.807, 2.05) is 36.4 Å². The molecule has 122 valence electrons. The number of nitrogens with one attached hydrogen (secondary N) is 2. The van der Waals surface area contributed by atoms with Crippen LogP contribution in [0, 0.1) is 0 Å². The summed E-state index contributed by atoms with van der Waals surface area (Å²) in [6, 6.07) is 15.1. The number of benzene rings is 2. The lowest BCUT2D eigenvalue weighted by atomic mass is 10.1. The fraction of sp³-hybridized carbons (Fsp3) is 0.167. The minimum atomic E-state index is -0.139. The minimum absolute atomic E-state index is 0.0762. The lowest BCUT2D eigenvalue weighted by Crippen LogP contribution is -2.23. The summed E-state index contributed by atoms with van der Waals surface area (Å²) in [7, 11) is 0. The first-order chi connectivity index (χ1) is 11.6. The van der Waals surface area contributed by atoms with Gasteiger partial charge in [0.25, 0.3) is 5.91 Å². The van der Waals surface area contributed by atoms with Gasteiger partial charge in [0, 0.05) is 19.0 Å². The summed E-state index contributed by atoms with van der Waals surface area (Å²) in [5.74, 6) is -0.215. The molecule has 2 amide bonds. The first kappa shape index (κ1) is 16.1. The van der Waals surface area contributed by atoms with Crippen LogP contribution in [0.25, 0.3) is 10.2 Å². The van der Waals surface area contributed by atoms with E-state index in [1.165, 1.54) is 6.92 Å². The van der Waals surface area contributed by atoms with Gasteiger partial charge in [0.05, 0.1) is 16.8 Å². The Morgan fingerprint density at radius 1 is 1.00 bits per heavy atom. The van der Waals surface area contributed by atoms with Crippen molar-refractivity contribution in [3.05, 3.63) is 64.7 Å². The average molecular weight is 339 g/mol. The Hall–Kier alpha value is -2.73. The largest absolute Gasteiger partial charge is 0.352 e. The standard InChI is InChI=1S/C18H17N3O2S/c1-12(22)19-10-13-6-8-14(9-7-13)18(23)20-11-17-21-15-4-2-3-5-16(15)24-17/h2-9H,10-11H2,1H3,(H,19,22)(H,20,23). The molecule has 0 aliphatic heterocycles. The van der Waals surface area contributed by atoms with Gasteiger partial charge in [0.1, 0.15) is 5.01 Å². The maximum atomic E-state index is 12.2. The van der Waals surface area contributed by atoms with Gasteiger partial charge in [0.2, 0.25) is 5.91 Å². The van der Waals surface area contributed by atoms with E-state index in [1.54, 1.807) is 23.5 Å². The molecule has 1 heterocycles. The molecule has 5 nitrogen and oxygen atoms in total. The van der Waals surface area contributed by atoms with Crippen LogP contribution in [-0.4, -0.2) is 16.8 Å². The van der Waals surface area contributed by atoms with Crippen molar-refractivity contribution in [3.63, 3.8) is 0 Å². The summed E-state index contributed by atoms with van der Waals surface area (Å²) in [6.45, 7) is 2.35. The number of carbonyl (C=O) groups excluding carboxylic acids is 2. The quantitative estimate of drug-likeness (QED) is 0.751. The highest BCUT2D eigenvalue weighted by molar-refractivity contribution is 7.18. The molecule has 3 aromatic rings. The second kappa shape index (κ2) is 7.23. The molecule has 0 atom stereocenters.